The van der Waals surface area contributed by atoms with E-state index in [1.807, 2.05) is 0 Å². The molecule has 0 amide bonds. The van der Waals surface area contributed by atoms with Gasteiger partial charge in [-0.3, -0.25) is 10.1 Å². The Morgan fingerprint density at radius 1 is 1.20 bits per heavy atom. The van der Waals surface area contributed by atoms with Gasteiger partial charge < -0.3 is 10.5 Å². The minimum absolute atomic E-state index is 0.0997. The van der Waals surface area contributed by atoms with Gasteiger partial charge in [0.1, 0.15) is 11.6 Å². The molecule has 0 saturated heterocycles. The number of benzene rings is 1. The molecule has 0 fully saturated rings. The summed E-state index contributed by atoms with van der Waals surface area (Å²) in [6.45, 7) is 5.20. The van der Waals surface area contributed by atoms with Crippen molar-refractivity contribution in [3.63, 3.8) is 0 Å². The summed E-state index contributed by atoms with van der Waals surface area (Å²) in [5.41, 5.74) is 6.96. The first-order chi connectivity index (χ1) is 9.36. The van der Waals surface area contributed by atoms with Crippen molar-refractivity contribution in [3.05, 3.63) is 45.3 Å². The first-order valence-electron chi connectivity index (χ1n) is 5.91. The first-order valence-corrected chi connectivity index (χ1v) is 5.91. The number of hydrogen-bond acceptors (Lipinski definition) is 6. The molecule has 20 heavy (non-hydrogen) atoms. The van der Waals surface area contributed by atoms with Crippen LogP contribution in [-0.4, -0.2) is 14.9 Å². The topological polar surface area (TPSA) is 104 Å². The standard InChI is InChI=1S/C13H14N4O3/c1-7-4-8(2)13(10(5-7)17(18)19)20-12-6-11(14)15-9(3)16-12/h4-6H,1-3H3,(H2,14,15,16). The molecule has 0 saturated carbocycles. The third-order valence-electron chi connectivity index (χ3n) is 2.64. The Hall–Kier alpha value is -2.70. The molecule has 0 radical (unpaired) electrons. The number of nitrogens with two attached hydrogens (primary N) is 1. The number of nitro benzene ring substituents is 1. The van der Waals surface area contributed by atoms with E-state index in [4.69, 9.17) is 10.5 Å². The zero-order valence-corrected chi connectivity index (χ0v) is 11.4. The van der Waals surface area contributed by atoms with Gasteiger partial charge in [-0.2, -0.15) is 4.98 Å². The largest absolute Gasteiger partial charge is 0.431 e. The monoisotopic (exact) mass is 274 g/mol. The predicted octanol–water partition coefficient (Wildman–Crippen LogP) is 2.68. The molecule has 0 aliphatic rings. The molecular weight excluding hydrogens is 260 g/mol. The number of nitrogens with zero attached hydrogens (tertiary/aromatic N) is 3. The van der Waals surface area contributed by atoms with Crippen LogP contribution in [0, 0.1) is 30.9 Å². The van der Waals surface area contributed by atoms with Crippen LogP contribution in [0.5, 0.6) is 11.6 Å². The maximum atomic E-state index is 11.1. The van der Waals surface area contributed by atoms with Crippen LogP contribution in [0.3, 0.4) is 0 Å². The quantitative estimate of drug-likeness (QED) is 0.681. The third-order valence-corrected chi connectivity index (χ3v) is 2.64. The van der Waals surface area contributed by atoms with Crippen molar-refractivity contribution in [2.24, 2.45) is 0 Å². The number of nitro groups is 1. The first kappa shape index (κ1) is 13.7. The molecule has 0 spiro atoms. The van der Waals surface area contributed by atoms with Crippen LogP contribution < -0.4 is 10.5 Å². The summed E-state index contributed by atoms with van der Waals surface area (Å²) in [6, 6.07) is 4.69. The smallest absolute Gasteiger partial charge is 0.312 e. The molecule has 0 aliphatic heterocycles. The molecule has 2 N–H and O–H groups in total. The zero-order chi connectivity index (χ0) is 14.9. The molecule has 0 unspecified atom stereocenters. The lowest BCUT2D eigenvalue weighted by Crippen LogP contribution is -2.01. The van der Waals surface area contributed by atoms with Crippen molar-refractivity contribution in [2.45, 2.75) is 20.8 Å². The molecule has 0 bridgehead atoms. The Balaban J connectivity index is 2.50. The number of hydrogen-bond donors (Lipinski definition) is 1. The van der Waals surface area contributed by atoms with Gasteiger partial charge in [0.15, 0.2) is 0 Å². The zero-order valence-electron chi connectivity index (χ0n) is 11.4. The Morgan fingerprint density at radius 2 is 1.90 bits per heavy atom. The molecule has 0 atom stereocenters. The highest BCUT2D eigenvalue weighted by Gasteiger charge is 2.20. The second kappa shape index (κ2) is 5.12. The highest BCUT2D eigenvalue weighted by Crippen LogP contribution is 2.35. The van der Waals surface area contributed by atoms with Gasteiger partial charge in [0, 0.05) is 12.1 Å². The van der Waals surface area contributed by atoms with Crippen molar-refractivity contribution >= 4 is 11.5 Å². The molecule has 2 aromatic rings. The Labute approximate surface area is 115 Å². The second-order valence-electron chi connectivity index (χ2n) is 4.47. The van der Waals surface area contributed by atoms with E-state index in [1.54, 1.807) is 26.8 Å². The summed E-state index contributed by atoms with van der Waals surface area (Å²) in [5.74, 6) is 1.04. The molecule has 1 aromatic heterocycles. The minimum Gasteiger partial charge on any atom is -0.431 e. The van der Waals surface area contributed by atoms with Crippen molar-refractivity contribution in [2.75, 3.05) is 5.73 Å². The number of aromatic nitrogens is 2. The van der Waals surface area contributed by atoms with Gasteiger partial charge in [-0.1, -0.05) is 6.07 Å². The number of ether oxygens (including phenoxy) is 1. The fourth-order valence-corrected chi connectivity index (χ4v) is 1.92. The van der Waals surface area contributed by atoms with Crippen LogP contribution in [0.1, 0.15) is 17.0 Å². The minimum atomic E-state index is -0.479. The van der Waals surface area contributed by atoms with Crippen molar-refractivity contribution < 1.29 is 9.66 Å². The fourth-order valence-electron chi connectivity index (χ4n) is 1.92. The van der Waals surface area contributed by atoms with Gasteiger partial charge in [-0.25, -0.2) is 4.98 Å². The number of nitrogen functional groups attached to an aromatic ring is 1. The van der Waals surface area contributed by atoms with E-state index in [-0.39, 0.29) is 23.1 Å². The van der Waals surface area contributed by atoms with Gasteiger partial charge >= 0.3 is 5.69 Å². The number of rotatable bonds is 3. The highest BCUT2D eigenvalue weighted by atomic mass is 16.6. The van der Waals surface area contributed by atoms with E-state index in [0.717, 1.165) is 5.56 Å². The van der Waals surface area contributed by atoms with Gasteiger partial charge in [0.2, 0.25) is 11.6 Å². The van der Waals surface area contributed by atoms with Crippen LogP contribution in [0.15, 0.2) is 18.2 Å². The maximum absolute atomic E-state index is 11.1. The lowest BCUT2D eigenvalue weighted by atomic mass is 10.1. The summed E-state index contributed by atoms with van der Waals surface area (Å²) in [4.78, 5) is 18.6. The fraction of sp³-hybridized carbons (Fsp3) is 0.231. The normalized spacial score (nSPS) is 10.3. The van der Waals surface area contributed by atoms with Crippen molar-refractivity contribution in [1.29, 1.82) is 0 Å². The van der Waals surface area contributed by atoms with E-state index in [1.165, 1.54) is 12.1 Å². The Kier molecular flexibility index (Phi) is 3.51. The van der Waals surface area contributed by atoms with Crippen LogP contribution in [0.25, 0.3) is 0 Å². The summed E-state index contributed by atoms with van der Waals surface area (Å²) in [5, 5.41) is 11.1. The molecule has 1 aromatic carbocycles. The van der Waals surface area contributed by atoms with Crippen LogP contribution in [0.2, 0.25) is 0 Å². The van der Waals surface area contributed by atoms with E-state index in [0.29, 0.717) is 11.4 Å². The molecule has 2 rings (SSSR count). The molecule has 1 heterocycles. The Morgan fingerprint density at radius 3 is 2.50 bits per heavy atom. The van der Waals surface area contributed by atoms with E-state index >= 15 is 0 Å². The maximum Gasteiger partial charge on any atom is 0.312 e. The molecule has 7 heteroatoms. The second-order valence-corrected chi connectivity index (χ2v) is 4.47. The third kappa shape index (κ3) is 2.82. The van der Waals surface area contributed by atoms with E-state index in [9.17, 15) is 10.1 Å². The number of anilines is 1. The summed E-state index contributed by atoms with van der Waals surface area (Å²) in [6.07, 6.45) is 0. The lowest BCUT2D eigenvalue weighted by molar-refractivity contribution is -0.385. The average molecular weight is 274 g/mol. The molecular formula is C13H14N4O3. The molecule has 7 nitrogen and oxygen atoms in total. The number of aryl methyl sites for hydroxylation is 3. The predicted molar refractivity (Wildman–Crippen MR) is 73.8 cm³/mol. The van der Waals surface area contributed by atoms with Crippen molar-refractivity contribution in [1.82, 2.24) is 9.97 Å². The summed E-state index contributed by atoms with van der Waals surface area (Å²) in [7, 11) is 0. The molecule has 104 valence electrons. The Bertz CT molecular complexity index is 665. The summed E-state index contributed by atoms with van der Waals surface area (Å²) < 4.78 is 5.55. The van der Waals surface area contributed by atoms with Crippen molar-refractivity contribution in [3.8, 4) is 11.6 Å². The van der Waals surface area contributed by atoms with Crippen LogP contribution >= 0.6 is 0 Å². The highest BCUT2D eigenvalue weighted by molar-refractivity contribution is 5.55. The van der Waals surface area contributed by atoms with Gasteiger partial charge in [-0.05, 0) is 31.9 Å². The van der Waals surface area contributed by atoms with E-state index < -0.39 is 4.92 Å². The SMILES string of the molecule is Cc1cc(C)c(Oc2cc(N)nc(C)n2)c([N+](=O)[O-])c1. The van der Waals surface area contributed by atoms with Crippen LogP contribution in [0.4, 0.5) is 11.5 Å². The summed E-state index contributed by atoms with van der Waals surface area (Å²) >= 11 is 0. The van der Waals surface area contributed by atoms with Gasteiger partial charge in [0.05, 0.1) is 4.92 Å². The van der Waals surface area contributed by atoms with Gasteiger partial charge in [0.25, 0.3) is 0 Å². The average Bonchev–Trinajstić information content (AvgIpc) is 2.30. The molecule has 0 aliphatic carbocycles. The van der Waals surface area contributed by atoms with E-state index in [2.05, 4.69) is 9.97 Å². The van der Waals surface area contributed by atoms with Gasteiger partial charge in [-0.15, -0.1) is 0 Å². The van der Waals surface area contributed by atoms with Crippen LogP contribution in [-0.2, 0) is 0 Å². The lowest BCUT2D eigenvalue weighted by Gasteiger charge is -2.10.